The SMILES string of the molecule is CCC(Cc1ccc(OC)c(CC(=O)Nc2cccc(C(F)(F)F)c2C)c1)C(=O)O. The number of rotatable bonds is 8. The van der Waals surface area contributed by atoms with Crippen LogP contribution < -0.4 is 10.1 Å². The molecule has 2 rings (SSSR count). The number of amides is 1. The molecule has 2 N–H and O–H groups in total. The van der Waals surface area contributed by atoms with Crippen molar-refractivity contribution in [2.75, 3.05) is 12.4 Å². The Morgan fingerprint density at radius 3 is 2.47 bits per heavy atom. The van der Waals surface area contributed by atoms with Crippen LogP contribution in [0.2, 0.25) is 0 Å². The molecule has 0 spiro atoms. The molecule has 0 saturated carbocycles. The Morgan fingerprint density at radius 1 is 1.20 bits per heavy atom. The Bertz CT molecular complexity index is 925. The summed E-state index contributed by atoms with van der Waals surface area (Å²) in [6.45, 7) is 3.09. The van der Waals surface area contributed by atoms with E-state index in [1.165, 1.54) is 26.2 Å². The molecule has 0 saturated heterocycles. The maximum atomic E-state index is 13.1. The Labute approximate surface area is 172 Å². The summed E-state index contributed by atoms with van der Waals surface area (Å²) in [4.78, 5) is 23.8. The van der Waals surface area contributed by atoms with Gasteiger partial charge in [0.25, 0.3) is 0 Å². The van der Waals surface area contributed by atoms with Gasteiger partial charge in [-0.2, -0.15) is 13.2 Å². The second kappa shape index (κ2) is 9.65. The molecule has 1 atom stereocenters. The number of hydrogen-bond acceptors (Lipinski definition) is 3. The molecule has 5 nitrogen and oxygen atoms in total. The molecule has 0 heterocycles. The van der Waals surface area contributed by atoms with Crippen molar-refractivity contribution in [3.63, 3.8) is 0 Å². The van der Waals surface area contributed by atoms with E-state index >= 15 is 0 Å². The van der Waals surface area contributed by atoms with Gasteiger partial charge in [0.05, 0.1) is 25.0 Å². The quantitative estimate of drug-likeness (QED) is 0.636. The smallest absolute Gasteiger partial charge is 0.416 e. The van der Waals surface area contributed by atoms with Crippen LogP contribution in [0.4, 0.5) is 18.9 Å². The summed E-state index contributed by atoms with van der Waals surface area (Å²) >= 11 is 0. The molecule has 8 heteroatoms. The minimum Gasteiger partial charge on any atom is -0.496 e. The molecular formula is C22H24F3NO4. The Balaban J connectivity index is 2.22. The molecule has 0 aliphatic rings. The standard InChI is InChI=1S/C22H24F3NO4/c1-4-15(21(28)29)10-14-8-9-19(30-3)16(11-14)12-20(27)26-18-7-5-6-17(13(18)2)22(23,24)25/h5-9,11,15H,4,10,12H2,1-3H3,(H,26,27)(H,28,29). The van der Waals surface area contributed by atoms with Crippen LogP contribution in [0.5, 0.6) is 5.75 Å². The molecule has 2 aromatic carbocycles. The third kappa shape index (κ3) is 5.75. The fraction of sp³-hybridized carbons (Fsp3) is 0.364. The molecule has 2 aromatic rings. The van der Waals surface area contributed by atoms with Gasteiger partial charge in [0.1, 0.15) is 5.75 Å². The summed E-state index contributed by atoms with van der Waals surface area (Å²) in [6, 6.07) is 8.70. The first-order valence-corrected chi connectivity index (χ1v) is 9.42. The molecule has 30 heavy (non-hydrogen) atoms. The van der Waals surface area contributed by atoms with Gasteiger partial charge < -0.3 is 15.2 Å². The zero-order chi connectivity index (χ0) is 22.5. The lowest BCUT2D eigenvalue weighted by atomic mass is 9.95. The summed E-state index contributed by atoms with van der Waals surface area (Å²) in [6.07, 6.45) is -3.87. The summed E-state index contributed by atoms with van der Waals surface area (Å²) in [7, 11) is 1.44. The summed E-state index contributed by atoms with van der Waals surface area (Å²) < 4.78 is 44.5. The molecule has 0 aliphatic carbocycles. The Hall–Kier alpha value is -3.03. The summed E-state index contributed by atoms with van der Waals surface area (Å²) in [5.41, 5.74) is 0.479. The van der Waals surface area contributed by atoms with Gasteiger partial charge in [-0.3, -0.25) is 9.59 Å². The van der Waals surface area contributed by atoms with Crippen LogP contribution in [-0.4, -0.2) is 24.1 Å². The predicted octanol–water partition coefficient (Wildman–Crippen LogP) is 4.86. The molecule has 0 aliphatic heterocycles. The third-order valence-corrected chi connectivity index (χ3v) is 4.93. The van der Waals surface area contributed by atoms with Crippen molar-refractivity contribution in [1.29, 1.82) is 0 Å². The molecule has 0 radical (unpaired) electrons. The average molecular weight is 423 g/mol. The second-order valence-electron chi connectivity index (χ2n) is 6.99. The maximum Gasteiger partial charge on any atom is 0.416 e. The minimum atomic E-state index is -4.51. The van der Waals surface area contributed by atoms with Gasteiger partial charge in [-0.1, -0.05) is 25.1 Å². The highest BCUT2D eigenvalue weighted by Gasteiger charge is 2.33. The largest absolute Gasteiger partial charge is 0.496 e. The van der Waals surface area contributed by atoms with Crippen molar-refractivity contribution >= 4 is 17.6 Å². The van der Waals surface area contributed by atoms with Gasteiger partial charge in [-0.15, -0.1) is 0 Å². The van der Waals surface area contributed by atoms with E-state index in [4.69, 9.17) is 4.74 Å². The van der Waals surface area contributed by atoms with E-state index in [0.29, 0.717) is 24.2 Å². The van der Waals surface area contributed by atoms with E-state index < -0.39 is 29.5 Å². The number of hydrogen-bond donors (Lipinski definition) is 2. The lowest BCUT2D eigenvalue weighted by Crippen LogP contribution is -2.18. The van der Waals surface area contributed by atoms with Crippen molar-refractivity contribution in [1.82, 2.24) is 0 Å². The number of aliphatic carboxylic acids is 1. The van der Waals surface area contributed by atoms with E-state index in [2.05, 4.69) is 5.32 Å². The van der Waals surface area contributed by atoms with Crippen LogP contribution in [0.15, 0.2) is 36.4 Å². The number of halogens is 3. The lowest BCUT2D eigenvalue weighted by molar-refractivity contribution is -0.142. The first-order chi connectivity index (χ1) is 14.1. The van der Waals surface area contributed by atoms with Crippen LogP contribution in [0.1, 0.15) is 35.6 Å². The van der Waals surface area contributed by atoms with Gasteiger partial charge in [0, 0.05) is 11.3 Å². The highest BCUT2D eigenvalue weighted by atomic mass is 19.4. The topological polar surface area (TPSA) is 75.6 Å². The number of carboxylic acids is 1. The number of anilines is 1. The monoisotopic (exact) mass is 423 g/mol. The van der Waals surface area contributed by atoms with Gasteiger partial charge in [0.2, 0.25) is 5.91 Å². The van der Waals surface area contributed by atoms with Gasteiger partial charge in [0.15, 0.2) is 0 Å². The third-order valence-electron chi connectivity index (χ3n) is 4.93. The highest BCUT2D eigenvalue weighted by molar-refractivity contribution is 5.93. The molecule has 0 aromatic heterocycles. The zero-order valence-electron chi connectivity index (χ0n) is 17.0. The molecular weight excluding hydrogens is 399 g/mol. The van der Waals surface area contributed by atoms with Gasteiger partial charge >= 0.3 is 12.1 Å². The second-order valence-corrected chi connectivity index (χ2v) is 6.99. The van der Waals surface area contributed by atoms with Crippen molar-refractivity contribution in [2.24, 2.45) is 5.92 Å². The number of ether oxygens (including phenoxy) is 1. The van der Waals surface area contributed by atoms with E-state index in [1.807, 2.05) is 0 Å². The zero-order valence-corrected chi connectivity index (χ0v) is 17.0. The van der Waals surface area contributed by atoms with E-state index in [1.54, 1.807) is 25.1 Å². The predicted molar refractivity (Wildman–Crippen MR) is 107 cm³/mol. The summed E-state index contributed by atoms with van der Waals surface area (Å²) in [5, 5.41) is 11.8. The van der Waals surface area contributed by atoms with Crippen LogP contribution in [0, 0.1) is 12.8 Å². The minimum absolute atomic E-state index is 0.0636. The number of benzene rings is 2. The van der Waals surface area contributed by atoms with Crippen molar-refractivity contribution < 1.29 is 32.6 Å². The number of nitrogens with one attached hydrogen (secondary N) is 1. The van der Waals surface area contributed by atoms with Gasteiger partial charge in [-0.25, -0.2) is 0 Å². The van der Waals surface area contributed by atoms with E-state index in [0.717, 1.165) is 11.6 Å². The van der Waals surface area contributed by atoms with Crippen LogP contribution >= 0.6 is 0 Å². The summed E-state index contributed by atoms with van der Waals surface area (Å²) in [5.74, 6) is -1.50. The number of carbonyl (C=O) groups excluding carboxylic acids is 1. The van der Waals surface area contributed by atoms with Gasteiger partial charge in [-0.05, 0) is 49.1 Å². The lowest BCUT2D eigenvalue weighted by Gasteiger charge is -2.16. The van der Waals surface area contributed by atoms with Crippen molar-refractivity contribution in [3.8, 4) is 5.75 Å². The molecule has 1 unspecified atom stereocenters. The molecule has 0 bridgehead atoms. The first-order valence-electron chi connectivity index (χ1n) is 9.42. The normalized spacial score (nSPS) is 12.3. The Morgan fingerprint density at radius 2 is 1.90 bits per heavy atom. The maximum absolute atomic E-state index is 13.1. The van der Waals surface area contributed by atoms with E-state index in [-0.39, 0.29) is 17.7 Å². The van der Waals surface area contributed by atoms with Crippen LogP contribution in [0.25, 0.3) is 0 Å². The first kappa shape index (κ1) is 23.3. The number of methoxy groups -OCH3 is 1. The van der Waals surface area contributed by atoms with Crippen LogP contribution in [-0.2, 0) is 28.6 Å². The van der Waals surface area contributed by atoms with Crippen molar-refractivity contribution in [2.45, 2.75) is 39.3 Å². The number of carbonyl (C=O) groups is 2. The molecule has 1 amide bonds. The fourth-order valence-corrected chi connectivity index (χ4v) is 3.23. The number of carboxylic acid groups (broad SMARTS) is 1. The Kier molecular flexibility index (Phi) is 7.48. The molecule has 162 valence electrons. The molecule has 0 fully saturated rings. The van der Waals surface area contributed by atoms with Crippen LogP contribution in [0.3, 0.4) is 0 Å². The fourth-order valence-electron chi connectivity index (χ4n) is 3.23. The highest BCUT2D eigenvalue weighted by Crippen LogP contribution is 2.34. The van der Waals surface area contributed by atoms with Crippen molar-refractivity contribution in [3.05, 3.63) is 58.7 Å². The average Bonchev–Trinajstić information content (AvgIpc) is 2.66. The number of alkyl halides is 3. The van der Waals surface area contributed by atoms with E-state index in [9.17, 15) is 27.9 Å².